The van der Waals surface area contributed by atoms with E-state index >= 15 is 0 Å². The van der Waals surface area contributed by atoms with Gasteiger partial charge in [-0.1, -0.05) is 30.3 Å². The van der Waals surface area contributed by atoms with Crippen molar-refractivity contribution in [2.45, 2.75) is 27.2 Å². The van der Waals surface area contributed by atoms with E-state index in [1.807, 2.05) is 62.4 Å². The molecule has 2 amide bonds. The molecule has 23 heavy (non-hydrogen) atoms. The second-order valence-electron chi connectivity index (χ2n) is 5.55. The number of nitrogens with one attached hydrogen (secondary N) is 1. The number of nitrogens with zero attached hydrogens (tertiary/aromatic N) is 1. The maximum atomic E-state index is 12.1. The summed E-state index contributed by atoms with van der Waals surface area (Å²) in [7, 11) is 0. The third-order valence-electron chi connectivity index (χ3n) is 3.87. The molecule has 2 aromatic carbocycles. The van der Waals surface area contributed by atoms with E-state index in [2.05, 4.69) is 5.32 Å². The monoisotopic (exact) mass is 310 g/mol. The summed E-state index contributed by atoms with van der Waals surface area (Å²) in [6.07, 6.45) is 0.252. The minimum atomic E-state index is -0.104. The zero-order chi connectivity index (χ0) is 16.8. The Balaban J connectivity index is 2.04. The quantitative estimate of drug-likeness (QED) is 0.915. The minimum absolute atomic E-state index is 0.0637. The molecule has 0 saturated heterocycles. The van der Waals surface area contributed by atoms with Crippen LogP contribution in [-0.4, -0.2) is 18.4 Å². The number of amides is 2. The number of carbonyl (C=O) groups is 2. The Morgan fingerprint density at radius 3 is 2.35 bits per heavy atom. The van der Waals surface area contributed by atoms with Gasteiger partial charge in [0.2, 0.25) is 11.8 Å². The highest BCUT2D eigenvalue weighted by Crippen LogP contribution is 2.23. The van der Waals surface area contributed by atoms with Crippen molar-refractivity contribution in [3.63, 3.8) is 0 Å². The van der Waals surface area contributed by atoms with E-state index < -0.39 is 0 Å². The summed E-state index contributed by atoms with van der Waals surface area (Å²) < 4.78 is 0. The molecular weight excluding hydrogens is 288 g/mol. The van der Waals surface area contributed by atoms with E-state index in [0.717, 1.165) is 22.5 Å². The molecular formula is C19H22N2O2. The van der Waals surface area contributed by atoms with Crippen molar-refractivity contribution in [2.75, 3.05) is 16.8 Å². The molecule has 0 radical (unpaired) electrons. The molecule has 0 heterocycles. The lowest BCUT2D eigenvalue weighted by Gasteiger charge is -2.23. The van der Waals surface area contributed by atoms with Crippen LogP contribution in [-0.2, 0) is 9.59 Å². The average Bonchev–Trinajstić information content (AvgIpc) is 2.52. The largest absolute Gasteiger partial charge is 0.326 e. The van der Waals surface area contributed by atoms with Gasteiger partial charge >= 0.3 is 0 Å². The molecule has 0 bridgehead atoms. The molecule has 1 N–H and O–H groups in total. The Morgan fingerprint density at radius 1 is 1.00 bits per heavy atom. The van der Waals surface area contributed by atoms with E-state index in [1.165, 1.54) is 6.92 Å². The van der Waals surface area contributed by atoms with Crippen molar-refractivity contribution in [3.8, 4) is 0 Å². The normalized spacial score (nSPS) is 10.2. The van der Waals surface area contributed by atoms with Gasteiger partial charge in [0, 0.05) is 31.3 Å². The molecule has 2 aromatic rings. The molecule has 0 fully saturated rings. The fourth-order valence-corrected chi connectivity index (χ4v) is 2.43. The third kappa shape index (κ3) is 4.42. The number of hydrogen-bond donors (Lipinski definition) is 1. The molecule has 0 aliphatic carbocycles. The van der Waals surface area contributed by atoms with Crippen molar-refractivity contribution < 1.29 is 9.59 Å². The van der Waals surface area contributed by atoms with Gasteiger partial charge in [-0.05, 0) is 43.2 Å². The fraction of sp³-hybridized carbons (Fsp3) is 0.263. The van der Waals surface area contributed by atoms with Crippen LogP contribution < -0.4 is 10.2 Å². The van der Waals surface area contributed by atoms with Crippen molar-refractivity contribution >= 4 is 23.2 Å². The number of anilines is 2. The molecule has 120 valence electrons. The summed E-state index contributed by atoms with van der Waals surface area (Å²) in [5.74, 6) is -0.168. The summed E-state index contributed by atoms with van der Waals surface area (Å²) in [6, 6.07) is 15.2. The van der Waals surface area contributed by atoms with Crippen LogP contribution in [0.3, 0.4) is 0 Å². The zero-order valence-electron chi connectivity index (χ0n) is 13.8. The number of rotatable bonds is 5. The highest BCUT2D eigenvalue weighted by atomic mass is 16.2. The highest BCUT2D eigenvalue weighted by Gasteiger charge is 2.16. The first-order chi connectivity index (χ1) is 11.0. The van der Waals surface area contributed by atoms with Crippen LogP contribution in [0.5, 0.6) is 0 Å². The van der Waals surface area contributed by atoms with Crippen LogP contribution in [0.1, 0.15) is 24.5 Å². The van der Waals surface area contributed by atoms with E-state index in [9.17, 15) is 9.59 Å². The SMILES string of the molecule is CC(=O)N(CCC(=O)Nc1ccccc1)c1cccc(C)c1C. The molecule has 4 nitrogen and oxygen atoms in total. The molecule has 4 heteroatoms. The topological polar surface area (TPSA) is 49.4 Å². The van der Waals surface area contributed by atoms with Gasteiger partial charge < -0.3 is 10.2 Å². The maximum Gasteiger partial charge on any atom is 0.226 e. The van der Waals surface area contributed by atoms with Crippen LogP contribution in [0.2, 0.25) is 0 Å². The molecule has 0 atom stereocenters. The van der Waals surface area contributed by atoms with E-state index in [0.29, 0.717) is 6.54 Å². The Morgan fingerprint density at radius 2 is 1.70 bits per heavy atom. The first-order valence-corrected chi connectivity index (χ1v) is 7.68. The van der Waals surface area contributed by atoms with Crippen LogP contribution in [0.4, 0.5) is 11.4 Å². The predicted octanol–water partition coefficient (Wildman–Crippen LogP) is 3.69. The van der Waals surface area contributed by atoms with E-state index in [4.69, 9.17) is 0 Å². The van der Waals surface area contributed by atoms with Gasteiger partial charge in [-0.2, -0.15) is 0 Å². The van der Waals surface area contributed by atoms with Crippen LogP contribution in [0.15, 0.2) is 48.5 Å². The number of carbonyl (C=O) groups excluding carboxylic acids is 2. The van der Waals surface area contributed by atoms with Gasteiger partial charge in [-0.25, -0.2) is 0 Å². The van der Waals surface area contributed by atoms with Crippen molar-refractivity contribution in [2.24, 2.45) is 0 Å². The van der Waals surface area contributed by atoms with Gasteiger partial charge in [0.1, 0.15) is 0 Å². The van der Waals surface area contributed by atoms with Gasteiger partial charge in [-0.15, -0.1) is 0 Å². The Labute approximate surface area is 137 Å². The van der Waals surface area contributed by atoms with E-state index in [-0.39, 0.29) is 18.2 Å². The maximum absolute atomic E-state index is 12.1. The smallest absolute Gasteiger partial charge is 0.226 e. The highest BCUT2D eigenvalue weighted by molar-refractivity contribution is 5.95. The average molecular weight is 310 g/mol. The van der Waals surface area contributed by atoms with Crippen LogP contribution >= 0.6 is 0 Å². The number of aryl methyl sites for hydroxylation is 1. The Bertz CT molecular complexity index is 696. The summed E-state index contributed by atoms with van der Waals surface area (Å²) in [6.45, 7) is 5.89. The van der Waals surface area contributed by atoms with Gasteiger partial charge in [0.15, 0.2) is 0 Å². The molecule has 0 unspecified atom stereocenters. The zero-order valence-corrected chi connectivity index (χ0v) is 13.8. The predicted molar refractivity (Wildman–Crippen MR) is 93.6 cm³/mol. The third-order valence-corrected chi connectivity index (χ3v) is 3.87. The number of para-hydroxylation sites is 1. The summed E-state index contributed by atoms with van der Waals surface area (Å²) in [4.78, 5) is 25.7. The van der Waals surface area contributed by atoms with Gasteiger partial charge in [0.05, 0.1) is 0 Å². The lowest BCUT2D eigenvalue weighted by Crippen LogP contribution is -2.32. The molecule has 2 rings (SSSR count). The lowest BCUT2D eigenvalue weighted by atomic mass is 10.1. The number of hydrogen-bond acceptors (Lipinski definition) is 2. The van der Waals surface area contributed by atoms with E-state index in [1.54, 1.807) is 4.90 Å². The molecule has 0 aliphatic heterocycles. The van der Waals surface area contributed by atoms with Crippen molar-refractivity contribution in [1.82, 2.24) is 0 Å². The second kappa shape index (κ2) is 7.58. The number of benzene rings is 2. The standard InChI is InChI=1S/C19H22N2O2/c1-14-8-7-11-18(15(14)2)21(16(3)22)13-12-19(23)20-17-9-5-4-6-10-17/h4-11H,12-13H2,1-3H3,(H,20,23). The summed E-state index contributed by atoms with van der Waals surface area (Å²) in [5, 5.41) is 2.84. The first kappa shape index (κ1) is 16.7. The molecule has 0 saturated carbocycles. The summed E-state index contributed by atoms with van der Waals surface area (Å²) >= 11 is 0. The lowest BCUT2D eigenvalue weighted by molar-refractivity contribution is -0.117. The van der Waals surface area contributed by atoms with Crippen molar-refractivity contribution in [3.05, 3.63) is 59.7 Å². The fourth-order valence-electron chi connectivity index (χ4n) is 2.43. The molecule has 0 aliphatic rings. The van der Waals surface area contributed by atoms with Gasteiger partial charge in [0.25, 0.3) is 0 Å². The minimum Gasteiger partial charge on any atom is -0.326 e. The van der Waals surface area contributed by atoms with Gasteiger partial charge in [-0.3, -0.25) is 9.59 Å². The van der Waals surface area contributed by atoms with Crippen LogP contribution in [0, 0.1) is 13.8 Å². The molecule has 0 spiro atoms. The Hall–Kier alpha value is -2.62. The first-order valence-electron chi connectivity index (χ1n) is 7.68. The molecule has 0 aromatic heterocycles. The second-order valence-corrected chi connectivity index (χ2v) is 5.55. The van der Waals surface area contributed by atoms with Crippen molar-refractivity contribution in [1.29, 1.82) is 0 Å². The van der Waals surface area contributed by atoms with Crippen LogP contribution in [0.25, 0.3) is 0 Å². The summed E-state index contributed by atoms with van der Waals surface area (Å²) in [5.41, 5.74) is 3.82. The Kier molecular flexibility index (Phi) is 5.52.